The smallest absolute Gasteiger partial charge is 0.297 e. The highest BCUT2D eigenvalue weighted by Crippen LogP contribution is 2.39. The molecular weight excluding hydrogens is 447 g/mol. The van der Waals surface area contributed by atoms with E-state index in [4.69, 9.17) is 9.47 Å². The van der Waals surface area contributed by atoms with Crippen LogP contribution in [0.5, 0.6) is 0 Å². The minimum absolute atomic E-state index is 0.0392. The normalized spacial score (nSPS) is 19.6. The zero-order valence-corrected chi connectivity index (χ0v) is 18.9. The molecule has 180 valence electrons. The predicted octanol–water partition coefficient (Wildman–Crippen LogP) is 0.416. The fourth-order valence-electron chi connectivity index (χ4n) is 4.01. The van der Waals surface area contributed by atoms with Gasteiger partial charge in [0, 0.05) is 20.7 Å². The number of carbonyl (C=O) groups excluding carboxylic acids is 3. The van der Waals surface area contributed by atoms with Crippen LogP contribution in [0.2, 0.25) is 0 Å². The van der Waals surface area contributed by atoms with Crippen LogP contribution in [0.15, 0.2) is 35.8 Å². The van der Waals surface area contributed by atoms with Gasteiger partial charge in [-0.05, 0) is 37.0 Å². The van der Waals surface area contributed by atoms with E-state index in [9.17, 15) is 18.8 Å². The van der Waals surface area contributed by atoms with E-state index >= 15 is 0 Å². The third-order valence-corrected chi connectivity index (χ3v) is 5.98. The van der Waals surface area contributed by atoms with E-state index in [-0.39, 0.29) is 19.0 Å². The molecule has 0 saturated heterocycles. The maximum atomic E-state index is 13.8. The fraction of sp³-hybridized carbons (Fsp3) is 0.455. The lowest BCUT2D eigenvalue weighted by Gasteiger charge is -2.46. The van der Waals surface area contributed by atoms with Gasteiger partial charge in [0.25, 0.3) is 17.6 Å². The van der Waals surface area contributed by atoms with E-state index in [1.54, 1.807) is 7.11 Å². The summed E-state index contributed by atoms with van der Waals surface area (Å²) >= 11 is 0. The molecule has 1 fully saturated rings. The van der Waals surface area contributed by atoms with Gasteiger partial charge >= 0.3 is 0 Å². The number of rotatable bonds is 9. The summed E-state index contributed by atoms with van der Waals surface area (Å²) in [6, 6.07) is 2.47. The van der Waals surface area contributed by atoms with Crippen LogP contribution in [-0.4, -0.2) is 82.1 Å². The van der Waals surface area contributed by atoms with Crippen molar-refractivity contribution >= 4 is 23.4 Å². The Morgan fingerprint density at radius 1 is 1.29 bits per heavy atom. The molecule has 1 aliphatic heterocycles. The number of carbonyl (C=O) groups is 3. The van der Waals surface area contributed by atoms with Gasteiger partial charge in [0.05, 0.1) is 18.9 Å². The molecule has 12 heteroatoms. The van der Waals surface area contributed by atoms with E-state index in [0.717, 1.165) is 6.42 Å². The Labute approximate surface area is 194 Å². The lowest BCUT2D eigenvalue weighted by Crippen LogP contribution is -2.62. The number of likely N-dealkylation sites (N-methyl/N-ethyl adjacent to an activating group) is 1. The number of aliphatic imine (C=N–C) groups is 1. The maximum absolute atomic E-state index is 13.8. The SMILES string of the molecule is COCCOC1(C2=NC(C(=O)NCc3ccc(F)cc3-n3cncn3)C(=O)C(=O)N2C)CCC1. The Bertz CT molecular complexity index is 1110. The van der Waals surface area contributed by atoms with Crippen LogP contribution in [0.25, 0.3) is 5.69 Å². The zero-order valence-electron chi connectivity index (χ0n) is 18.9. The van der Waals surface area contributed by atoms with Crippen LogP contribution in [0, 0.1) is 5.82 Å². The molecule has 0 bridgehead atoms. The molecular formula is C22H25FN6O5. The Balaban J connectivity index is 1.55. The van der Waals surface area contributed by atoms with Gasteiger partial charge in [-0.15, -0.1) is 0 Å². The molecule has 2 amide bonds. The summed E-state index contributed by atoms with van der Waals surface area (Å²) in [5.41, 5.74) is 0.0848. The first kappa shape index (κ1) is 23.6. The molecule has 1 aliphatic carbocycles. The molecule has 1 aromatic heterocycles. The minimum Gasteiger partial charge on any atom is -0.382 e. The number of halogens is 1. The summed E-state index contributed by atoms with van der Waals surface area (Å²) in [5, 5.41) is 6.63. The number of hydrogen-bond acceptors (Lipinski definition) is 8. The third kappa shape index (κ3) is 4.46. The molecule has 4 rings (SSSR count). The van der Waals surface area contributed by atoms with Crippen molar-refractivity contribution in [3.05, 3.63) is 42.2 Å². The van der Waals surface area contributed by atoms with Crippen molar-refractivity contribution in [2.24, 2.45) is 4.99 Å². The maximum Gasteiger partial charge on any atom is 0.297 e. The summed E-state index contributed by atoms with van der Waals surface area (Å²) in [4.78, 5) is 47.6. The molecule has 1 unspecified atom stereocenters. The highest BCUT2D eigenvalue weighted by Gasteiger charge is 2.51. The van der Waals surface area contributed by atoms with Crippen molar-refractivity contribution in [1.82, 2.24) is 25.0 Å². The van der Waals surface area contributed by atoms with Crippen LogP contribution in [0.1, 0.15) is 24.8 Å². The molecule has 34 heavy (non-hydrogen) atoms. The van der Waals surface area contributed by atoms with Crippen LogP contribution in [-0.2, 0) is 30.4 Å². The number of ether oxygens (including phenoxy) is 2. The third-order valence-electron chi connectivity index (χ3n) is 5.98. The fourth-order valence-corrected chi connectivity index (χ4v) is 4.01. The van der Waals surface area contributed by atoms with Gasteiger partial charge in [0.15, 0.2) is 6.04 Å². The average molecular weight is 472 g/mol. The van der Waals surface area contributed by atoms with E-state index in [2.05, 4.69) is 20.4 Å². The molecule has 2 aromatic rings. The van der Waals surface area contributed by atoms with Crippen molar-refractivity contribution in [2.75, 3.05) is 27.4 Å². The molecule has 1 N–H and O–H groups in total. The summed E-state index contributed by atoms with van der Waals surface area (Å²) in [7, 11) is 3.01. The summed E-state index contributed by atoms with van der Waals surface area (Å²) in [5.74, 6) is -2.69. The topological polar surface area (TPSA) is 128 Å². The van der Waals surface area contributed by atoms with Gasteiger partial charge in [-0.25, -0.2) is 19.0 Å². The number of Topliss-reactive ketones (excluding diaryl/α,β-unsaturated/α-hetero) is 1. The van der Waals surface area contributed by atoms with Gasteiger partial charge < -0.3 is 14.8 Å². The second-order valence-electron chi connectivity index (χ2n) is 8.10. The number of nitrogens with zero attached hydrogens (tertiary/aromatic N) is 5. The van der Waals surface area contributed by atoms with Crippen LogP contribution >= 0.6 is 0 Å². The van der Waals surface area contributed by atoms with E-state index in [1.165, 1.54) is 47.5 Å². The Hall–Kier alpha value is -3.51. The zero-order chi connectivity index (χ0) is 24.3. The van der Waals surface area contributed by atoms with Crippen LogP contribution in [0.4, 0.5) is 4.39 Å². The number of nitrogens with one attached hydrogen (secondary N) is 1. The largest absolute Gasteiger partial charge is 0.382 e. The van der Waals surface area contributed by atoms with Crippen molar-refractivity contribution in [3.8, 4) is 5.69 Å². The number of hydrogen-bond donors (Lipinski definition) is 1. The molecule has 1 aromatic carbocycles. The highest BCUT2D eigenvalue weighted by atomic mass is 19.1. The Morgan fingerprint density at radius 3 is 2.74 bits per heavy atom. The van der Waals surface area contributed by atoms with E-state index in [0.29, 0.717) is 30.7 Å². The number of amides is 2. The first-order chi connectivity index (χ1) is 16.4. The highest BCUT2D eigenvalue weighted by molar-refractivity contribution is 6.46. The molecule has 2 aliphatic rings. The van der Waals surface area contributed by atoms with Gasteiger partial charge in [-0.2, -0.15) is 5.10 Å². The number of amidine groups is 1. The number of aromatic nitrogens is 3. The van der Waals surface area contributed by atoms with E-state index in [1.807, 2.05) is 0 Å². The molecule has 0 radical (unpaired) electrons. The Morgan fingerprint density at radius 2 is 2.09 bits per heavy atom. The van der Waals surface area contributed by atoms with Crippen molar-refractivity contribution in [2.45, 2.75) is 37.5 Å². The minimum atomic E-state index is -1.53. The second kappa shape index (κ2) is 9.77. The predicted molar refractivity (Wildman–Crippen MR) is 117 cm³/mol. The van der Waals surface area contributed by atoms with E-state index < -0.39 is 35.1 Å². The van der Waals surface area contributed by atoms with Gasteiger partial charge in [0.2, 0.25) is 0 Å². The van der Waals surface area contributed by atoms with Gasteiger partial charge in [0.1, 0.15) is 29.9 Å². The second-order valence-corrected chi connectivity index (χ2v) is 8.10. The molecule has 1 saturated carbocycles. The summed E-state index contributed by atoms with van der Waals surface area (Å²) in [6.07, 6.45) is 4.81. The molecule has 1 atom stereocenters. The van der Waals surface area contributed by atoms with Crippen molar-refractivity contribution < 1.29 is 28.2 Å². The number of benzene rings is 1. The quantitative estimate of drug-likeness (QED) is 0.318. The number of ketones is 1. The van der Waals surface area contributed by atoms with Gasteiger partial charge in [-0.3, -0.25) is 19.3 Å². The van der Waals surface area contributed by atoms with Crippen molar-refractivity contribution in [3.63, 3.8) is 0 Å². The Kier molecular flexibility index (Phi) is 6.80. The molecule has 2 heterocycles. The molecule has 0 spiro atoms. The number of methoxy groups -OCH3 is 1. The molecule has 11 nitrogen and oxygen atoms in total. The monoisotopic (exact) mass is 472 g/mol. The first-order valence-corrected chi connectivity index (χ1v) is 10.8. The summed E-state index contributed by atoms with van der Waals surface area (Å²) < 4.78 is 26.2. The lowest BCUT2D eigenvalue weighted by atomic mass is 9.77. The van der Waals surface area contributed by atoms with Gasteiger partial charge in [-0.1, -0.05) is 6.07 Å². The standard InChI is InChI=1S/C22H25FN6O5/c1-28-20(32)18(30)17(27-21(28)22(6-3-7-22)34-9-8-33-2)19(31)25-11-14-4-5-15(23)10-16(14)29-13-24-12-26-29/h4-5,10,12-13,17H,3,6-9,11H2,1-2H3,(H,25,31). The van der Waals surface area contributed by atoms with Crippen LogP contribution < -0.4 is 5.32 Å². The van der Waals surface area contributed by atoms with Crippen LogP contribution in [0.3, 0.4) is 0 Å². The summed E-state index contributed by atoms with van der Waals surface area (Å²) in [6.45, 7) is 0.613. The first-order valence-electron chi connectivity index (χ1n) is 10.8. The average Bonchev–Trinajstić information content (AvgIpc) is 3.34. The van der Waals surface area contributed by atoms with Crippen molar-refractivity contribution in [1.29, 1.82) is 0 Å². The lowest BCUT2D eigenvalue weighted by molar-refractivity contribution is -0.146.